The molecule has 2 rings (SSSR count). The van der Waals surface area contributed by atoms with E-state index in [1.807, 2.05) is 18.5 Å². The summed E-state index contributed by atoms with van der Waals surface area (Å²) in [6.07, 6.45) is 1.55. The van der Waals surface area contributed by atoms with Gasteiger partial charge in [0.05, 0.1) is 10.6 Å². The number of nitrogens with zero attached hydrogens (tertiary/aromatic N) is 4. The molecule has 74 valence electrons. The summed E-state index contributed by atoms with van der Waals surface area (Å²) < 4.78 is 1.83. The van der Waals surface area contributed by atoms with Gasteiger partial charge in [0.15, 0.2) is 11.0 Å². The van der Waals surface area contributed by atoms with E-state index < -0.39 is 0 Å². The normalized spacial score (nSPS) is 10.7. The fourth-order valence-corrected chi connectivity index (χ4v) is 2.13. The van der Waals surface area contributed by atoms with Crippen molar-refractivity contribution in [3.8, 4) is 10.7 Å². The van der Waals surface area contributed by atoms with Crippen LogP contribution in [0, 0.1) is 6.92 Å². The summed E-state index contributed by atoms with van der Waals surface area (Å²) >= 11 is 1.44. The van der Waals surface area contributed by atoms with Crippen LogP contribution in [0.15, 0.2) is 6.33 Å². The summed E-state index contributed by atoms with van der Waals surface area (Å²) in [4.78, 5) is 9.36. The van der Waals surface area contributed by atoms with Crippen LogP contribution in [0.5, 0.6) is 0 Å². The minimum Gasteiger partial charge on any atom is -0.375 e. The maximum absolute atomic E-state index is 5.63. The first-order valence-corrected chi connectivity index (χ1v) is 5.15. The van der Waals surface area contributed by atoms with E-state index in [9.17, 15) is 0 Å². The van der Waals surface area contributed by atoms with Crippen molar-refractivity contribution < 1.29 is 0 Å². The fraction of sp³-hybridized carbons (Fsp3) is 0.375. The number of rotatable bonds is 2. The zero-order valence-electron chi connectivity index (χ0n) is 8.06. The van der Waals surface area contributed by atoms with E-state index in [0.29, 0.717) is 5.13 Å². The molecular formula is C8H11N5S. The molecule has 0 aromatic carbocycles. The van der Waals surface area contributed by atoms with Crippen LogP contribution < -0.4 is 5.73 Å². The van der Waals surface area contributed by atoms with E-state index in [4.69, 9.17) is 5.73 Å². The molecule has 0 saturated heterocycles. The average molecular weight is 209 g/mol. The summed E-state index contributed by atoms with van der Waals surface area (Å²) in [5, 5.41) is 4.68. The predicted octanol–water partition coefficient (Wildman–Crippen LogP) is 1.31. The monoisotopic (exact) mass is 209 g/mol. The van der Waals surface area contributed by atoms with Crippen molar-refractivity contribution in [2.75, 3.05) is 5.73 Å². The molecule has 2 aromatic rings. The van der Waals surface area contributed by atoms with Crippen LogP contribution in [0.1, 0.15) is 12.6 Å². The van der Waals surface area contributed by atoms with Crippen molar-refractivity contribution in [3.05, 3.63) is 12.0 Å². The molecule has 5 nitrogen and oxygen atoms in total. The minimum atomic E-state index is 0.572. The summed E-state index contributed by atoms with van der Waals surface area (Å²) in [5.74, 6) is 0.846. The topological polar surface area (TPSA) is 69.6 Å². The van der Waals surface area contributed by atoms with Gasteiger partial charge in [0.1, 0.15) is 6.33 Å². The molecular weight excluding hydrogens is 198 g/mol. The van der Waals surface area contributed by atoms with Gasteiger partial charge >= 0.3 is 0 Å². The molecule has 0 spiro atoms. The summed E-state index contributed by atoms with van der Waals surface area (Å²) in [5.41, 5.74) is 6.54. The van der Waals surface area contributed by atoms with Crippen LogP contribution in [-0.4, -0.2) is 19.7 Å². The van der Waals surface area contributed by atoms with E-state index in [2.05, 4.69) is 15.1 Å². The summed E-state index contributed by atoms with van der Waals surface area (Å²) in [7, 11) is 0. The fourth-order valence-electron chi connectivity index (χ4n) is 1.30. The Morgan fingerprint density at radius 2 is 2.36 bits per heavy atom. The van der Waals surface area contributed by atoms with E-state index in [1.54, 1.807) is 6.33 Å². The first kappa shape index (κ1) is 9.14. The second-order valence-corrected chi connectivity index (χ2v) is 3.90. The Morgan fingerprint density at radius 1 is 1.57 bits per heavy atom. The Kier molecular flexibility index (Phi) is 2.20. The molecule has 0 fully saturated rings. The third kappa shape index (κ3) is 1.37. The molecule has 0 aliphatic carbocycles. The molecule has 14 heavy (non-hydrogen) atoms. The minimum absolute atomic E-state index is 0.572. The van der Waals surface area contributed by atoms with Crippen molar-refractivity contribution >= 4 is 16.5 Å². The summed E-state index contributed by atoms with van der Waals surface area (Å²) in [6, 6.07) is 0. The zero-order chi connectivity index (χ0) is 10.1. The van der Waals surface area contributed by atoms with Gasteiger partial charge in [0, 0.05) is 6.54 Å². The van der Waals surface area contributed by atoms with Gasteiger partial charge < -0.3 is 5.73 Å². The Bertz CT molecular complexity index is 444. The number of anilines is 1. The molecule has 0 amide bonds. The third-order valence-corrected chi connectivity index (χ3v) is 2.91. The van der Waals surface area contributed by atoms with Gasteiger partial charge in [-0.25, -0.2) is 14.6 Å². The van der Waals surface area contributed by atoms with Crippen molar-refractivity contribution in [1.29, 1.82) is 0 Å². The standard InChI is InChI=1S/C8H11N5S/c1-3-13-7(10-4-11-13)6-5(2)12-8(9)14-6/h4H,3H2,1-2H3,(H2,9,12). The maximum atomic E-state index is 5.63. The molecule has 0 bridgehead atoms. The highest BCUT2D eigenvalue weighted by atomic mass is 32.1. The van der Waals surface area contributed by atoms with Gasteiger partial charge in [-0.15, -0.1) is 0 Å². The van der Waals surface area contributed by atoms with Gasteiger partial charge in [-0.2, -0.15) is 5.10 Å². The Hall–Kier alpha value is -1.43. The van der Waals surface area contributed by atoms with E-state index >= 15 is 0 Å². The van der Waals surface area contributed by atoms with E-state index in [-0.39, 0.29) is 0 Å². The predicted molar refractivity (Wildman–Crippen MR) is 56.0 cm³/mol. The molecule has 0 saturated carbocycles. The highest BCUT2D eigenvalue weighted by molar-refractivity contribution is 7.18. The van der Waals surface area contributed by atoms with E-state index in [1.165, 1.54) is 11.3 Å². The molecule has 2 aromatic heterocycles. The highest BCUT2D eigenvalue weighted by Gasteiger charge is 2.13. The smallest absolute Gasteiger partial charge is 0.180 e. The van der Waals surface area contributed by atoms with Crippen LogP contribution in [-0.2, 0) is 6.54 Å². The number of hydrogen-bond acceptors (Lipinski definition) is 5. The number of nitrogens with two attached hydrogens (primary N) is 1. The lowest BCUT2D eigenvalue weighted by atomic mass is 10.4. The Balaban J connectivity index is 2.53. The Labute approximate surface area is 85.6 Å². The van der Waals surface area contributed by atoms with Gasteiger partial charge in [-0.05, 0) is 13.8 Å². The molecule has 6 heteroatoms. The first-order chi connectivity index (χ1) is 6.72. The van der Waals surface area contributed by atoms with Crippen LogP contribution in [0.3, 0.4) is 0 Å². The van der Waals surface area contributed by atoms with Crippen LogP contribution in [0.2, 0.25) is 0 Å². The van der Waals surface area contributed by atoms with Gasteiger partial charge in [0.25, 0.3) is 0 Å². The molecule has 0 aliphatic rings. The lowest BCUT2D eigenvalue weighted by molar-refractivity contribution is 0.666. The third-order valence-electron chi connectivity index (χ3n) is 1.93. The number of hydrogen-bond donors (Lipinski definition) is 1. The van der Waals surface area contributed by atoms with Gasteiger partial charge in [-0.3, -0.25) is 0 Å². The molecule has 2 N–H and O–H groups in total. The molecule has 0 unspecified atom stereocenters. The van der Waals surface area contributed by atoms with Crippen molar-refractivity contribution in [2.24, 2.45) is 0 Å². The lowest BCUT2D eigenvalue weighted by Crippen LogP contribution is -1.99. The second kappa shape index (κ2) is 3.38. The molecule has 0 aliphatic heterocycles. The molecule has 2 heterocycles. The first-order valence-electron chi connectivity index (χ1n) is 4.33. The van der Waals surface area contributed by atoms with Crippen molar-refractivity contribution in [1.82, 2.24) is 19.7 Å². The summed E-state index contributed by atoms with van der Waals surface area (Å²) in [6.45, 7) is 4.75. The van der Waals surface area contributed by atoms with Crippen molar-refractivity contribution in [2.45, 2.75) is 20.4 Å². The van der Waals surface area contributed by atoms with Crippen LogP contribution in [0.25, 0.3) is 10.7 Å². The highest BCUT2D eigenvalue weighted by Crippen LogP contribution is 2.29. The second-order valence-electron chi connectivity index (χ2n) is 2.87. The van der Waals surface area contributed by atoms with Gasteiger partial charge in [-0.1, -0.05) is 11.3 Å². The average Bonchev–Trinajstić information content (AvgIpc) is 2.71. The van der Waals surface area contributed by atoms with Gasteiger partial charge in [0.2, 0.25) is 0 Å². The maximum Gasteiger partial charge on any atom is 0.180 e. The number of aryl methyl sites for hydroxylation is 2. The SMILES string of the molecule is CCn1ncnc1-c1sc(N)nc1C. The number of thiazole rings is 1. The van der Waals surface area contributed by atoms with Crippen LogP contribution in [0.4, 0.5) is 5.13 Å². The zero-order valence-corrected chi connectivity index (χ0v) is 8.88. The van der Waals surface area contributed by atoms with Crippen molar-refractivity contribution in [3.63, 3.8) is 0 Å². The molecule has 0 atom stereocenters. The quantitative estimate of drug-likeness (QED) is 0.809. The van der Waals surface area contributed by atoms with E-state index in [0.717, 1.165) is 22.9 Å². The number of aromatic nitrogens is 4. The lowest BCUT2D eigenvalue weighted by Gasteiger charge is -1.99. The van der Waals surface area contributed by atoms with Crippen LogP contribution >= 0.6 is 11.3 Å². The Morgan fingerprint density at radius 3 is 2.93 bits per heavy atom. The molecule has 0 radical (unpaired) electrons. The number of nitrogen functional groups attached to an aromatic ring is 1. The largest absolute Gasteiger partial charge is 0.375 e.